The zero-order chi connectivity index (χ0) is 23.6. The number of amides is 1. The lowest BCUT2D eigenvalue weighted by atomic mass is 9.90. The Morgan fingerprint density at radius 2 is 1.73 bits per heavy atom. The number of carbonyl (C=O) groups excluding carboxylic acids is 1. The molecule has 8 heteroatoms. The largest absolute Gasteiger partial charge is 0.433 e. The number of halogens is 3. The van der Waals surface area contributed by atoms with Gasteiger partial charge in [0.15, 0.2) is 0 Å². The number of fused-ring (bicyclic) bond motifs is 1. The number of alkyl halides is 3. The van der Waals surface area contributed by atoms with Crippen LogP contribution in [0.5, 0.6) is 0 Å². The highest BCUT2D eigenvalue weighted by Gasteiger charge is 2.34. The van der Waals surface area contributed by atoms with Crippen LogP contribution in [0.2, 0.25) is 0 Å². The number of pyridine rings is 1. The highest BCUT2D eigenvalue weighted by Crippen LogP contribution is 2.34. The number of hydrogen-bond donors (Lipinski definition) is 2. The van der Waals surface area contributed by atoms with Gasteiger partial charge in [0, 0.05) is 48.5 Å². The van der Waals surface area contributed by atoms with Crippen LogP contribution in [0, 0.1) is 0 Å². The van der Waals surface area contributed by atoms with Gasteiger partial charge in [-0.1, -0.05) is 18.2 Å². The highest BCUT2D eigenvalue weighted by molar-refractivity contribution is 5.95. The van der Waals surface area contributed by atoms with Crippen LogP contribution in [0.1, 0.15) is 41.7 Å². The van der Waals surface area contributed by atoms with Crippen molar-refractivity contribution in [2.24, 2.45) is 0 Å². The summed E-state index contributed by atoms with van der Waals surface area (Å²) >= 11 is 0. The molecular formula is C25H27F3N4O. The van der Waals surface area contributed by atoms with Crippen LogP contribution in [0.4, 0.5) is 24.5 Å². The summed E-state index contributed by atoms with van der Waals surface area (Å²) in [5.41, 5.74) is 1.41. The van der Waals surface area contributed by atoms with Crippen LogP contribution in [0.25, 0.3) is 10.9 Å². The minimum absolute atomic E-state index is 0.0486. The molecule has 5 nitrogen and oxygen atoms in total. The molecule has 3 aromatic rings. The molecule has 1 unspecified atom stereocenters. The Labute approximate surface area is 191 Å². The van der Waals surface area contributed by atoms with Crippen molar-refractivity contribution < 1.29 is 18.0 Å². The van der Waals surface area contributed by atoms with E-state index < -0.39 is 11.9 Å². The van der Waals surface area contributed by atoms with Crippen molar-refractivity contribution >= 4 is 28.2 Å². The maximum Gasteiger partial charge on any atom is 0.433 e. The molecule has 1 heterocycles. The molecule has 0 aliphatic heterocycles. The molecule has 1 amide bonds. The molecule has 0 bridgehead atoms. The first-order chi connectivity index (χ1) is 15.7. The molecule has 2 N–H and O–H groups in total. The van der Waals surface area contributed by atoms with Gasteiger partial charge in [-0.15, -0.1) is 0 Å². The first-order valence-corrected chi connectivity index (χ1v) is 11.0. The molecule has 1 fully saturated rings. The van der Waals surface area contributed by atoms with Crippen LogP contribution in [0.3, 0.4) is 0 Å². The SMILES string of the molecule is CN(C)c1ccc(C(=O)NC2CCC[C@H](Nc3cc(C(F)(F)F)nc4ccccc34)C2)cc1. The van der Waals surface area contributed by atoms with E-state index in [1.165, 1.54) is 0 Å². The van der Waals surface area contributed by atoms with E-state index in [9.17, 15) is 18.0 Å². The second-order valence-electron chi connectivity index (χ2n) is 8.69. The van der Waals surface area contributed by atoms with E-state index in [-0.39, 0.29) is 18.0 Å². The van der Waals surface area contributed by atoms with Crippen LogP contribution >= 0.6 is 0 Å². The molecule has 0 spiro atoms. The molecule has 174 valence electrons. The van der Waals surface area contributed by atoms with Crippen molar-refractivity contribution in [2.75, 3.05) is 24.3 Å². The topological polar surface area (TPSA) is 57.3 Å². The lowest BCUT2D eigenvalue weighted by molar-refractivity contribution is -0.140. The quantitative estimate of drug-likeness (QED) is 0.534. The normalized spacial score (nSPS) is 18.7. The molecule has 0 radical (unpaired) electrons. The third kappa shape index (κ3) is 5.38. The van der Waals surface area contributed by atoms with Crippen LogP contribution < -0.4 is 15.5 Å². The number of nitrogens with zero attached hydrogens (tertiary/aromatic N) is 2. The molecule has 1 aromatic heterocycles. The summed E-state index contributed by atoms with van der Waals surface area (Å²) in [6.07, 6.45) is -1.35. The molecule has 2 atom stereocenters. The second-order valence-corrected chi connectivity index (χ2v) is 8.69. The molecule has 1 saturated carbocycles. The van der Waals surface area contributed by atoms with Crippen LogP contribution in [-0.4, -0.2) is 37.1 Å². The summed E-state index contributed by atoms with van der Waals surface area (Å²) in [7, 11) is 3.88. The fourth-order valence-electron chi connectivity index (χ4n) is 4.29. The lowest BCUT2D eigenvalue weighted by Gasteiger charge is -2.31. The summed E-state index contributed by atoms with van der Waals surface area (Å²) < 4.78 is 40.1. The number of nitrogens with one attached hydrogen (secondary N) is 2. The molecule has 0 saturated heterocycles. The zero-order valence-corrected chi connectivity index (χ0v) is 18.6. The fourth-order valence-corrected chi connectivity index (χ4v) is 4.29. The number of anilines is 2. The van der Waals surface area contributed by atoms with Crippen LogP contribution in [-0.2, 0) is 6.18 Å². The third-order valence-electron chi connectivity index (χ3n) is 6.02. The predicted molar refractivity (Wildman–Crippen MR) is 125 cm³/mol. The summed E-state index contributed by atoms with van der Waals surface area (Å²) in [4.78, 5) is 18.5. The number of rotatable bonds is 5. The molecule has 1 aliphatic rings. The van der Waals surface area contributed by atoms with E-state index in [0.717, 1.165) is 31.0 Å². The van der Waals surface area contributed by atoms with Gasteiger partial charge >= 0.3 is 6.18 Å². The Bertz CT molecular complexity index is 1130. The predicted octanol–water partition coefficient (Wildman–Crippen LogP) is 5.47. The van der Waals surface area contributed by atoms with E-state index in [2.05, 4.69) is 15.6 Å². The van der Waals surface area contributed by atoms with E-state index >= 15 is 0 Å². The third-order valence-corrected chi connectivity index (χ3v) is 6.02. The first kappa shape index (κ1) is 22.9. The molecule has 33 heavy (non-hydrogen) atoms. The second kappa shape index (κ2) is 9.29. The van der Waals surface area contributed by atoms with E-state index in [1.54, 1.807) is 36.4 Å². The fraction of sp³-hybridized carbons (Fsp3) is 0.360. The maximum absolute atomic E-state index is 13.4. The maximum atomic E-state index is 13.4. The number of hydrogen-bond acceptors (Lipinski definition) is 4. The van der Waals surface area contributed by atoms with Crippen molar-refractivity contribution in [1.29, 1.82) is 0 Å². The monoisotopic (exact) mass is 456 g/mol. The Morgan fingerprint density at radius 1 is 1.03 bits per heavy atom. The van der Waals surface area contributed by atoms with Crippen molar-refractivity contribution in [3.05, 3.63) is 65.9 Å². The molecular weight excluding hydrogens is 429 g/mol. The van der Waals surface area contributed by atoms with Gasteiger partial charge in [-0.3, -0.25) is 4.79 Å². The smallest absolute Gasteiger partial charge is 0.382 e. The van der Waals surface area contributed by atoms with E-state index in [1.807, 2.05) is 31.1 Å². The lowest BCUT2D eigenvalue weighted by Crippen LogP contribution is -2.41. The summed E-state index contributed by atoms with van der Waals surface area (Å²) in [5.74, 6) is -0.139. The summed E-state index contributed by atoms with van der Waals surface area (Å²) in [5, 5.41) is 7.04. The van der Waals surface area contributed by atoms with Gasteiger partial charge in [0.1, 0.15) is 5.69 Å². The molecule has 1 aliphatic carbocycles. The standard InChI is InChI=1S/C25H27F3N4O/c1-32(2)19-12-10-16(11-13-19)24(33)30-18-7-5-6-17(14-18)29-22-15-23(25(26,27)28)31-21-9-4-3-8-20(21)22/h3-4,8-13,15,17-18H,5-7,14H2,1-2H3,(H,29,31)(H,30,33)/t17-,18?/m0/s1. The minimum atomic E-state index is -4.52. The Balaban J connectivity index is 1.47. The van der Waals surface area contributed by atoms with Crippen molar-refractivity contribution in [3.63, 3.8) is 0 Å². The van der Waals surface area contributed by atoms with Gasteiger partial charge in [0.25, 0.3) is 5.91 Å². The average Bonchev–Trinajstić information content (AvgIpc) is 2.78. The number of aromatic nitrogens is 1. The average molecular weight is 457 g/mol. The summed E-state index contributed by atoms with van der Waals surface area (Å²) in [6.45, 7) is 0. The minimum Gasteiger partial charge on any atom is -0.382 e. The summed E-state index contributed by atoms with van der Waals surface area (Å²) in [6, 6.07) is 15.2. The Kier molecular flexibility index (Phi) is 6.44. The van der Waals surface area contributed by atoms with Gasteiger partial charge in [-0.25, -0.2) is 4.98 Å². The van der Waals surface area contributed by atoms with Gasteiger partial charge in [0.2, 0.25) is 0 Å². The number of benzene rings is 2. The van der Waals surface area contributed by atoms with Gasteiger partial charge in [-0.05, 0) is 62.1 Å². The first-order valence-electron chi connectivity index (χ1n) is 11.0. The Morgan fingerprint density at radius 3 is 2.42 bits per heavy atom. The molecule has 2 aromatic carbocycles. The number of carbonyl (C=O) groups is 1. The number of para-hydroxylation sites is 1. The van der Waals surface area contributed by atoms with Gasteiger partial charge < -0.3 is 15.5 Å². The van der Waals surface area contributed by atoms with Crippen molar-refractivity contribution in [3.8, 4) is 0 Å². The van der Waals surface area contributed by atoms with E-state index in [0.29, 0.717) is 28.6 Å². The van der Waals surface area contributed by atoms with Crippen LogP contribution in [0.15, 0.2) is 54.6 Å². The molecule has 4 rings (SSSR count). The van der Waals surface area contributed by atoms with Gasteiger partial charge in [-0.2, -0.15) is 13.2 Å². The zero-order valence-electron chi connectivity index (χ0n) is 18.6. The Hall–Kier alpha value is -3.29. The van der Waals surface area contributed by atoms with Gasteiger partial charge in [0.05, 0.1) is 5.52 Å². The van der Waals surface area contributed by atoms with E-state index in [4.69, 9.17) is 0 Å². The van der Waals surface area contributed by atoms with Crippen molar-refractivity contribution in [1.82, 2.24) is 10.3 Å². The van der Waals surface area contributed by atoms with Crippen molar-refractivity contribution in [2.45, 2.75) is 43.9 Å². The highest BCUT2D eigenvalue weighted by atomic mass is 19.4.